The molecule has 0 aromatic carbocycles. The zero-order chi connectivity index (χ0) is 9.68. The summed E-state index contributed by atoms with van der Waals surface area (Å²) in [4.78, 5) is 10.9. The molecule has 13 heavy (non-hydrogen) atoms. The molecule has 0 bridgehead atoms. The van der Waals surface area contributed by atoms with Crippen molar-refractivity contribution >= 4 is 11.6 Å². The molecule has 1 aromatic rings. The minimum absolute atomic E-state index is 0.253. The summed E-state index contributed by atoms with van der Waals surface area (Å²) < 4.78 is 6.41. The second kappa shape index (κ2) is 4.42. The SMILES string of the molecule is C=CC(=O)Nc1cnn(COC)c1. The zero-order valence-electron chi connectivity index (χ0n) is 7.36. The van der Waals surface area contributed by atoms with Crippen molar-refractivity contribution in [2.45, 2.75) is 6.73 Å². The van der Waals surface area contributed by atoms with E-state index in [0.29, 0.717) is 12.4 Å². The fourth-order valence-corrected chi connectivity index (χ4v) is 0.824. The monoisotopic (exact) mass is 181 g/mol. The number of anilines is 1. The predicted molar refractivity (Wildman–Crippen MR) is 48.1 cm³/mol. The first-order valence-electron chi connectivity index (χ1n) is 3.71. The lowest BCUT2D eigenvalue weighted by Gasteiger charge is -1.97. The number of methoxy groups -OCH3 is 1. The number of carbonyl (C=O) groups excluding carboxylic acids is 1. The van der Waals surface area contributed by atoms with Gasteiger partial charge in [0, 0.05) is 7.11 Å². The zero-order valence-corrected chi connectivity index (χ0v) is 7.36. The van der Waals surface area contributed by atoms with E-state index in [4.69, 9.17) is 4.74 Å². The van der Waals surface area contributed by atoms with Gasteiger partial charge in [0.15, 0.2) is 0 Å². The van der Waals surface area contributed by atoms with Gasteiger partial charge in [0.1, 0.15) is 6.73 Å². The van der Waals surface area contributed by atoms with Gasteiger partial charge in [-0.2, -0.15) is 5.10 Å². The van der Waals surface area contributed by atoms with Crippen molar-refractivity contribution in [3.8, 4) is 0 Å². The van der Waals surface area contributed by atoms with E-state index in [1.54, 1.807) is 24.2 Å². The molecule has 5 nitrogen and oxygen atoms in total. The molecule has 0 aliphatic rings. The molecule has 0 saturated carbocycles. The van der Waals surface area contributed by atoms with E-state index in [-0.39, 0.29) is 5.91 Å². The molecule has 1 aromatic heterocycles. The molecular formula is C8H11N3O2. The summed E-state index contributed by atoms with van der Waals surface area (Å²) in [5, 5.41) is 6.51. The van der Waals surface area contributed by atoms with Crippen LogP contribution in [0.1, 0.15) is 0 Å². The molecular weight excluding hydrogens is 170 g/mol. The molecule has 0 aliphatic heterocycles. The summed E-state index contributed by atoms with van der Waals surface area (Å²) in [6.45, 7) is 3.70. The van der Waals surface area contributed by atoms with Crippen LogP contribution in [0.5, 0.6) is 0 Å². The van der Waals surface area contributed by atoms with E-state index in [1.165, 1.54) is 6.08 Å². The summed E-state index contributed by atoms with van der Waals surface area (Å²) >= 11 is 0. The maximum atomic E-state index is 10.9. The highest BCUT2D eigenvalue weighted by atomic mass is 16.5. The molecule has 0 fully saturated rings. The lowest BCUT2D eigenvalue weighted by molar-refractivity contribution is -0.111. The summed E-state index contributed by atoms with van der Waals surface area (Å²) in [6.07, 6.45) is 4.42. The van der Waals surface area contributed by atoms with Gasteiger partial charge >= 0.3 is 0 Å². The van der Waals surface area contributed by atoms with Crippen LogP contribution in [-0.4, -0.2) is 22.8 Å². The number of hydrogen-bond donors (Lipinski definition) is 1. The van der Waals surface area contributed by atoms with Gasteiger partial charge in [-0.05, 0) is 6.08 Å². The van der Waals surface area contributed by atoms with E-state index < -0.39 is 0 Å². The lowest BCUT2D eigenvalue weighted by atomic mass is 10.5. The second-order valence-corrected chi connectivity index (χ2v) is 2.38. The van der Waals surface area contributed by atoms with Crippen LogP contribution >= 0.6 is 0 Å². The third kappa shape index (κ3) is 2.72. The summed E-state index contributed by atoms with van der Waals surface area (Å²) in [6, 6.07) is 0. The standard InChI is InChI=1S/C8H11N3O2/c1-3-8(12)10-7-4-9-11(5-7)6-13-2/h3-5H,1,6H2,2H3,(H,10,12). The Morgan fingerprint density at radius 3 is 3.31 bits per heavy atom. The van der Waals surface area contributed by atoms with Gasteiger partial charge in [0.25, 0.3) is 0 Å². The molecule has 1 amide bonds. The maximum absolute atomic E-state index is 10.9. The highest BCUT2D eigenvalue weighted by Gasteiger charge is 1.99. The lowest BCUT2D eigenvalue weighted by Crippen LogP contribution is -2.06. The van der Waals surface area contributed by atoms with E-state index >= 15 is 0 Å². The van der Waals surface area contributed by atoms with Crippen molar-refractivity contribution in [3.05, 3.63) is 25.0 Å². The van der Waals surface area contributed by atoms with Crippen LogP contribution < -0.4 is 5.32 Å². The molecule has 1 N–H and O–H groups in total. The van der Waals surface area contributed by atoms with Crippen molar-refractivity contribution in [3.63, 3.8) is 0 Å². The molecule has 0 atom stereocenters. The minimum Gasteiger partial charge on any atom is -0.362 e. The van der Waals surface area contributed by atoms with Crippen molar-refractivity contribution in [2.75, 3.05) is 12.4 Å². The van der Waals surface area contributed by atoms with Gasteiger partial charge in [-0.1, -0.05) is 6.58 Å². The topological polar surface area (TPSA) is 56.2 Å². The van der Waals surface area contributed by atoms with E-state index in [9.17, 15) is 4.79 Å². The van der Waals surface area contributed by atoms with Crippen LogP contribution in [0, 0.1) is 0 Å². The molecule has 0 aliphatic carbocycles. The largest absolute Gasteiger partial charge is 0.362 e. The summed E-state index contributed by atoms with van der Waals surface area (Å²) in [5.41, 5.74) is 0.627. The number of ether oxygens (including phenoxy) is 1. The fraction of sp³-hybridized carbons (Fsp3) is 0.250. The molecule has 1 rings (SSSR count). The molecule has 0 unspecified atom stereocenters. The Morgan fingerprint density at radius 2 is 2.69 bits per heavy atom. The second-order valence-electron chi connectivity index (χ2n) is 2.38. The van der Waals surface area contributed by atoms with Gasteiger partial charge in [-0.15, -0.1) is 0 Å². The molecule has 0 radical (unpaired) electrons. The Kier molecular flexibility index (Phi) is 3.22. The van der Waals surface area contributed by atoms with Crippen LogP contribution in [-0.2, 0) is 16.3 Å². The van der Waals surface area contributed by atoms with Gasteiger partial charge in [-0.25, -0.2) is 4.68 Å². The Hall–Kier alpha value is -1.62. The van der Waals surface area contributed by atoms with Crippen molar-refractivity contribution in [1.29, 1.82) is 0 Å². The Balaban J connectivity index is 2.58. The first-order chi connectivity index (χ1) is 6.26. The van der Waals surface area contributed by atoms with E-state index in [2.05, 4.69) is 17.0 Å². The molecule has 70 valence electrons. The fourth-order valence-electron chi connectivity index (χ4n) is 0.824. The van der Waals surface area contributed by atoms with Gasteiger partial charge in [-0.3, -0.25) is 4.79 Å². The van der Waals surface area contributed by atoms with Gasteiger partial charge in [0.2, 0.25) is 5.91 Å². The average Bonchev–Trinajstić information content (AvgIpc) is 2.53. The Bertz CT molecular complexity index is 306. The van der Waals surface area contributed by atoms with Gasteiger partial charge < -0.3 is 10.1 Å². The predicted octanol–water partition coefficient (Wildman–Crippen LogP) is 0.611. The van der Waals surface area contributed by atoms with Crippen molar-refractivity contribution in [1.82, 2.24) is 9.78 Å². The quantitative estimate of drug-likeness (QED) is 0.692. The van der Waals surface area contributed by atoms with E-state index in [0.717, 1.165) is 0 Å². The number of hydrogen-bond acceptors (Lipinski definition) is 3. The normalized spacial score (nSPS) is 9.62. The number of rotatable bonds is 4. The van der Waals surface area contributed by atoms with Crippen molar-refractivity contribution in [2.24, 2.45) is 0 Å². The van der Waals surface area contributed by atoms with Crippen LogP contribution in [0.2, 0.25) is 0 Å². The average molecular weight is 181 g/mol. The molecule has 0 saturated heterocycles. The van der Waals surface area contributed by atoms with Crippen LogP contribution in [0.3, 0.4) is 0 Å². The minimum atomic E-state index is -0.253. The summed E-state index contributed by atoms with van der Waals surface area (Å²) in [7, 11) is 1.57. The number of nitrogens with one attached hydrogen (secondary N) is 1. The first kappa shape index (κ1) is 9.47. The van der Waals surface area contributed by atoms with Crippen LogP contribution in [0.25, 0.3) is 0 Å². The number of carbonyl (C=O) groups is 1. The number of aromatic nitrogens is 2. The summed E-state index contributed by atoms with van der Waals surface area (Å²) in [5.74, 6) is -0.253. The molecule has 1 heterocycles. The van der Waals surface area contributed by atoms with Crippen LogP contribution in [0.4, 0.5) is 5.69 Å². The number of amides is 1. The third-order valence-electron chi connectivity index (χ3n) is 1.35. The highest BCUT2D eigenvalue weighted by Crippen LogP contribution is 2.04. The smallest absolute Gasteiger partial charge is 0.247 e. The van der Waals surface area contributed by atoms with Crippen LogP contribution in [0.15, 0.2) is 25.0 Å². The number of nitrogens with zero attached hydrogens (tertiary/aromatic N) is 2. The first-order valence-corrected chi connectivity index (χ1v) is 3.71. The molecule has 0 spiro atoms. The Labute approximate surface area is 76.0 Å². The maximum Gasteiger partial charge on any atom is 0.247 e. The third-order valence-corrected chi connectivity index (χ3v) is 1.35. The van der Waals surface area contributed by atoms with Gasteiger partial charge in [0.05, 0.1) is 18.1 Å². The van der Waals surface area contributed by atoms with Crippen molar-refractivity contribution < 1.29 is 9.53 Å². The highest BCUT2D eigenvalue weighted by molar-refractivity contribution is 5.98. The molecule has 5 heteroatoms. The van der Waals surface area contributed by atoms with E-state index in [1.807, 2.05) is 0 Å². The Morgan fingerprint density at radius 1 is 1.92 bits per heavy atom.